The van der Waals surface area contributed by atoms with Crippen LogP contribution in [0.1, 0.15) is 47.5 Å². The highest BCUT2D eigenvalue weighted by Gasteiger charge is 2.30. The zero-order valence-electron chi connectivity index (χ0n) is 18.7. The van der Waals surface area contributed by atoms with Crippen LogP contribution in [0, 0.1) is 0 Å². The smallest absolute Gasteiger partial charge is 0.268 e. The van der Waals surface area contributed by atoms with Gasteiger partial charge >= 0.3 is 0 Å². The molecule has 0 saturated carbocycles. The molecule has 0 radical (unpaired) electrons. The van der Waals surface area contributed by atoms with Crippen molar-refractivity contribution in [2.75, 3.05) is 25.6 Å². The van der Waals surface area contributed by atoms with Gasteiger partial charge in [0.1, 0.15) is 11.4 Å². The number of aromatic nitrogens is 1. The molecule has 0 aliphatic carbocycles. The number of nitrogens with one attached hydrogen (secondary N) is 2. The molecule has 168 valence electrons. The molecule has 1 aliphatic heterocycles. The molecule has 2 N–H and O–H groups in total. The molecule has 0 spiro atoms. The third-order valence-corrected chi connectivity index (χ3v) is 5.98. The van der Waals surface area contributed by atoms with Crippen LogP contribution < -0.4 is 15.4 Å². The normalized spacial score (nSPS) is 18.0. The van der Waals surface area contributed by atoms with Crippen molar-refractivity contribution in [2.24, 2.45) is 0 Å². The van der Waals surface area contributed by atoms with Crippen molar-refractivity contribution in [1.82, 2.24) is 9.88 Å². The van der Waals surface area contributed by atoms with Crippen LogP contribution in [-0.4, -0.2) is 42.2 Å². The summed E-state index contributed by atoms with van der Waals surface area (Å²) in [7, 11) is 1.59. The number of amides is 2. The Morgan fingerprint density at radius 3 is 2.56 bits per heavy atom. The van der Waals surface area contributed by atoms with Gasteiger partial charge in [-0.15, -0.1) is 0 Å². The van der Waals surface area contributed by atoms with Crippen LogP contribution in [-0.2, 0) is 11.3 Å². The van der Waals surface area contributed by atoms with Gasteiger partial charge in [0.25, 0.3) is 11.8 Å². The maximum atomic E-state index is 12.9. The number of carbonyl (C=O) groups excluding carboxylic acids is 2. The maximum Gasteiger partial charge on any atom is 0.268 e. The van der Waals surface area contributed by atoms with Gasteiger partial charge in [-0.2, -0.15) is 0 Å². The Bertz CT molecular complexity index is 1130. The molecule has 1 atom stereocenters. The summed E-state index contributed by atoms with van der Waals surface area (Å²) >= 11 is 0. The van der Waals surface area contributed by atoms with Crippen molar-refractivity contribution < 1.29 is 19.1 Å². The number of nitrogens with zero attached hydrogens (tertiary/aromatic N) is 1. The molecule has 2 aromatic carbocycles. The van der Waals surface area contributed by atoms with Gasteiger partial charge in [0.2, 0.25) is 0 Å². The fourth-order valence-corrected chi connectivity index (χ4v) is 4.16. The van der Waals surface area contributed by atoms with Crippen molar-refractivity contribution in [2.45, 2.75) is 38.8 Å². The number of rotatable bonds is 7. The van der Waals surface area contributed by atoms with E-state index in [1.807, 2.05) is 42.7 Å². The molecule has 2 heterocycles. The average Bonchev–Trinajstić information content (AvgIpc) is 3.41. The Kier molecular flexibility index (Phi) is 6.19. The largest absolute Gasteiger partial charge is 0.497 e. The van der Waals surface area contributed by atoms with E-state index in [-0.39, 0.29) is 17.4 Å². The lowest BCUT2D eigenvalue weighted by Crippen LogP contribution is -2.40. The van der Waals surface area contributed by atoms with Gasteiger partial charge in [0.15, 0.2) is 0 Å². The van der Waals surface area contributed by atoms with Gasteiger partial charge in [-0.25, -0.2) is 0 Å². The zero-order valence-corrected chi connectivity index (χ0v) is 18.7. The minimum absolute atomic E-state index is 0.122. The standard InChI is InChI=1S/C25H29N3O4/c1-4-28-21-11-8-19(27-23(29)17-6-9-20(31-3)10-7-17)14-18(21)15-22(28)24(30)26-16-25(2)12-5-13-32-25/h6-11,14-15H,4-5,12-13,16H2,1-3H3,(H,26,30)(H,27,29)/t25-/m1/s1. The molecule has 1 fully saturated rings. The lowest BCUT2D eigenvalue weighted by molar-refractivity contribution is 0.0205. The van der Waals surface area contributed by atoms with Gasteiger partial charge < -0.3 is 24.7 Å². The fourth-order valence-electron chi connectivity index (χ4n) is 4.16. The lowest BCUT2D eigenvalue weighted by atomic mass is 10.0. The van der Waals surface area contributed by atoms with Crippen molar-refractivity contribution in [1.29, 1.82) is 0 Å². The van der Waals surface area contributed by atoms with E-state index in [4.69, 9.17) is 9.47 Å². The van der Waals surface area contributed by atoms with Crippen molar-refractivity contribution in [3.05, 3.63) is 59.8 Å². The second-order valence-corrected chi connectivity index (χ2v) is 8.31. The fraction of sp³-hybridized carbons (Fsp3) is 0.360. The molecule has 2 amide bonds. The highest BCUT2D eigenvalue weighted by molar-refractivity contribution is 6.06. The summed E-state index contributed by atoms with van der Waals surface area (Å²) in [4.78, 5) is 25.5. The third kappa shape index (κ3) is 4.48. The Hall–Kier alpha value is -3.32. The molecule has 1 aromatic heterocycles. The van der Waals surface area contributed by atoms with Crippen LogP contribution in [0.5, 0.6) is 5.75 Å². The van der Waals surface area contributed by atoms with E-state index in [1.54, 1.807) is 31.4 Å². The molecule has 4 rings (SSSR count). The number of aryl methyl sites for hydroxylation is 1. The number of benzene rings is 2. The van der Waals surface area contributed by atoms with Crippen LogP contribution >= 0.6 is 0 Å². The first-order chi connectivity index (χ1) is 15.4. The number of fused-ring (bicyclic) bond motifs is 1. The van der Waals surface area contributed by atoms with Crippen molar-refractivity contribution in [3.63, 3.8) is 0 Å². The zero-order chi connectivity index (χ0) is 22.7. The Morgan fingerprint density at radius 2 is 1.91 bits per heavy atom. The van der Waals surface area contributed by atoms with E-state index in [0.29, 0.717) is 35.8 Å². The number of methoxy groups -OCH3 is 1. The maximum absolute atomic E-state index is 12.9. The monoisotopic (exact) mass is 435 g/mol. The van der Waals surface area contributed by atoms with Crippen LogP contribution in [0.3, 0.4) is 0 Å². The summed E-state index contributed by atoms with van der Waals surface area (Å²) in [5.74, 6) is 0.372. The van der Waals surface area contributed by atoms with Gasteiger partial charge in [-0.05, 0) is 75.2 Å². The van der Waals surface area contributed by atoms with Crippen LogP contribution in [0.2, 0.25) is 0 Å². The van der Waals surface area contributed by atoms with Crippen molar-refractivity contribution >= 4 is 28.4 Å². The SMILES string of the molecule is CCn1c(C(=O)NC[C@@]2(C)CCCO2)cc2cc(NC(=O)c3ccc(OC)cc3)ccc21. The number of hydrogen-bond acceptors (Lipinski definition) is 4. The van der Waals surface area contributed by atoms with E-state index >= 15 is 0 Å². The Balaban J connectivity index is 1.52. The Labute approximate surface area is 187 Å². The summed E-state index contributed by atoms with van der Waals surface area (Å²) in [5.41, 5.74) is 2.47. The summed E-state index contributed by atoms with van der Waals surface area (Å²) in [5, 5.41) is 6.85. The van der Waals surface area contributed by atoms with Gasteiger partial charge in [-0.3, -0.25) is 9.59 Å². The van der Waals surface area contributed by atoms with E-state index in [0.717, 1.165) is 30.4 Å². The first kappa shape index (κ1) is 21.9. The number of hydrogen-bond donors (Lipinski definition) is 2. The van der Waals surface area contributed by atoms with Crippen LogP contribution in [0.15, 0.2) is 48.5 Å². The number of ether oxygens (including phenoxy) is 2. The lowest BCUT2D eigenvalue weighted by Gasteiger charge is -2.23. The van der Waals surface area contributed by atoms with Gasteiger partial charge in [0.05, 0.1) is 12.7 Å². The predicted octanol–water partition coefficient (Wildman–Crippen LogP) is 4.22. The van der Waals surface area contributed by atoms with Gasteiger partial charge in [-0.1, -0.05) is 0 Å². The minimum Gasteiger partial charge on any atom is -0.497 e. The molecule has 7 heteroatoms. The van der Waals surface area contributed by atoms with Gasteiger partial charge in [0, 0.05) is 41.9 Å². The molecule has 3 aromatic rings. The van der Waals surface area contributed by atoms with Crippen LogP contribution in [0.25, 0.3) is 10.9 Å². The molecular weight excluding hydrogens is 406 g/mol. The summed E-state index contributed by atoms with van der Waals surface area (Å²) in [6.07, 6.45) is 1.97. The molecule has 0 bridgehead atoms. The van der Waals surface area contributed by atoms with E-state index in [9.17, 15) is 9.59 Å². The topological polar surface area (TPSA) is 81.6 Å². The predicted molar refractivity (Wildman–Crippen MR) is 124 cm³/mol. The quantitative estimate of drug-likeness (QED) is 0.582. The number of carbonyl (C=O) groups is 2. The van der Waals surface area contributed by atoms with E-state index in [1.165, 1.54) is 0 Å². The molecule has 0 unspecified atom stereocenters. The number of anilines is 1. The summed E-state index contributed by atoms with van der Waals surface area (Å²) in [6, 6.07) is 14.5. The first-order valence-electron chi connectivity index (χ1n) is 10.9. The van der Waals surface area contributed by atoms with Crippen LogP contribution in [0.4, 0.5) is 5.69 Å². The molecule has 1 saturated heterocycles. The van der Waals surface area contributed by atoms with Crippen molar-refractivity contribution in [3.8, 4) is 5.75 Å². The second-order valence-electron chi connectivity index (χ2n) is 8.31. The summed E-state index contributed by atoms with van der Waals surface area (Å²) < 4.78 is 12.9. The first-order valence-corrected chi connectivity index (χ1v) is 10.9. The Morgan fingerprint density at radius 1 is 1.12 bits per heavy atom. The molecule has 7 nitrogen and oxygen atoms in total. The summed E-state index contributed by atoms with van der Waals surface area (Å²) in [6.45, 7) is 5.94. The molecule has 32 heavy (non-hydrogen) atoms. The second kappa shape index (κ2) is 9.04. The highest BCUT2D eigenvalue weighted by Crippen LogP contribution is 2.26. The van der Waals surface area contributed by atoms with E-state index < -0.39 is 0 Å². The van der Waals surface area contributed by atoms with E-state index in [2.05, 4.69) is 10.6 Å². The molecule has 1 aliphatic rings. The average molecular weight is 436 g/mol. The third-order valence-electron chi connectivity index (χ3n) is 5.98. The minimum atomic E-state index is -0.294. The highest BCUT2D eigenvalue weighted by atomic mass is 16.5. The molecular formula is C25H29N3O4.